The van der Waals surface area contributed by atoms with Crippen LogP contribution in [0.4, 0.5) is 0 Å². The van der Waals surface area contributed by atoms with Gasteiger partial charge in [-0.3, -0.25) is 14.4 Å². The van der Waals surface area contributed by atoms with E-state index in [9.17, 15) is 14.4 Å². The number of rotatable bonds is 3. The topological polar surface area (TPSA) is 66.5 Å². The Morgan fingerprint density at radius 2 is 1.64 bits per heavy atom. The second kappa shape index (κ2) is 6.12. The minimum absolute atomic E-state index is 0.157. The number of nitrogens with zero attached hydrogens (tertiary/aromatic N) is 1. The van der Waals surface area contributed by atoms with Crippen molar-refractivity contribution in [3.8, 4) is 0 Å². The lowest BCUT2D eigenvalue weighted by Gasteiger charge is -2.29. The van der Waals surface area contributed by atoms with Crippen molar-refractivity contribution in [1.29, 1.82) is 0 Å². The monoisotopic (exact) mass is 317 g/mol. The van der Waals surface area contributed by atoms with Gasteiger partial charge >= 0.3 is 0 Å². The molecular formula is C16H17N2O3S. The van der Waals surface area contributed by atoms with E-state index >= 15 is 0 Å². The molecule has 1 N–H and O–H groups in total. The molecule has 1 heterocycles. The summed E-state index contributed by atoms with van der Waals surface area (Å²) in [4.78, 5) is 35.6. The van der Waals surface area contributed by atoms with Gasteiger partial charge in [-0.25, -0.2) is 4.31 Å². The summed E-state index contributed by atoms with van der Waals surface area (Å²) >= 11 is 1.33. The third kappa shape index (κ3) is 2.88. The number of imide groups is 1. The van der Waals surface area contributed by atoms with E-state index in [0.29, 0.717) is 11.1 Å². The molecule has 1 radical (unpaired) electrons. The van der Waals surface area contributed by atoms with E-state index in [0.717, 1.165) is 25.7 Å². The Kier molecular flexibility index (Phi) is 4.20. The van der Waals surface area contributed by atoms with Crippen molar-refractivity contribution in [2.45, 2.75) is 37.0 Å². The summed E-state index contributed by atoms with van der Waals surface area (Å²) in [7, 11) is 0. The quantitative estimate of drug-likeness (QED) is 0.685. The predicted octanol–water partition coefficient (Wildman–Crippen LogP) is 2.19. The second-order valence-electron chi connectivity index (χ2n) is 5.60. The van der Waals surface area contributed by atoms with Crippen LogP contribution in [0, 0.1) is 6.92 Å². The van der Waals surface area contributed by atoms with Crippen LogP contribution in [0.15, 0.2) is 24.3 Å². The van der Waals surface area contributed by atoms with E-state index in [1.54, 1.807) is 24.3 Å². The molecule has 0 aromatic heterocycles. The van der Waals surface area contributed by atoms with Crippen LogP contribution < -0.4 is 5.32 Å². The first kappa shape index (κ1) is 15.1. The number of amides is 3. The zero-order valence-electron chi connectivity index (χ0n) is 12.1. The number of carbonyl (C=O) groups is 3. The van der Waals surface area contributed by atoms with E-state index in [1.165, 1.54) is 16.3 Å². The zero-order valence-corrected chi connectivity index (χ0v) is 12.9. The van der Waals surface area contributed by atoms with Crippen LogP contribution in [0.5, 0.6) is 0 Å². The number of hydrogen-bond donors (Lipinski definition) is 1. The van der Waals surface area contributed by atoms with Gasteiger partial charge in [-0.2, -0.15) is 0 Å². The maximum atomic E-state index is 12.3. The summed E-state index contributed by atoms with van der Waals surface area (Å²) < 4.78 is 1.29. The van der Waals surface area contributed by atoms with Crippen molar-refractivity contribution in [2.24, 2.45) is 0 Å². The van der Waals surface area contributed by atoms with Crippen LogP contribution in [-0.2, 0) is 4.79 Å². The molecule has 2 aliphatic rings. The minimum Gasteiger partial charge on any atom is -0.353 e. The fourth-order valence-electron chi connectivity index (χ4n) is 2.95. The summed E-state index contributed by atoms with van der Waals surface area (Å²) in [5.74, 6) is -0.700. The molecule has 0 bridgehead atoms. The molecule has 6 heteroatoms. The fourth-order valence-corrected chi connectivity index (χ4v) is 4.12. The number of nitrogens with one attached hydrogen (secondary N) is 1. The molecule has 3 rings (SSSR count). The maximum absolute atomic E-state index is 12.3. The van der Waals surface area contributed by atoms with Crippen molar-refractivity contribution < 1.29 is 14.4 Å². The Labute approximate surface area is 133 Å². The first-order valence-electron chi connectivity index (χ1n) is 7.33. The normalized spacial score (nSPS) is 24.3. The summed E-state index contributed by atoms with van der Waals surface area (Å²) in [6.07, 6.45) is 3.43. The molecule has 115 valence electrons. The second-order valence-corrected chi connectivity index (χ2v) is 6.84. The molecule has 1 saturated carbocycles. The Bertz CT molecular complexity index is 589. The average Bonchev–Trinajstić information content (AvgIpc) is 2.74. The zero-order chi connectivity index (χ0) is 15.7. The first-order valence-corrected chi connectivity index (χ1v) is 8.17. The van der Waals surface area contributed by atoms with Gasteiger partial charge in [0.15, 0.2) is 0 Å². The molecule has 0 saturated heterocycles. The van der Waals surface area contributed by atoms with Crippen LogP contribution >= 0.6 is 11.9 Å². The number of hydrogen-bond acceptors (Lipinski definition) is 4. The molecule has 1 aromatic carbocycles. The summed E-state index contributed by atoms with van der Waals surface area (Å²) in [6, 6.07) is 7.08. The SMILES string of the molecule is [CH2]C(=O)NC1CCC(SN2C(=O)c3ccccc3C2=O)CC1. The van der Waals surface area contributed by atoms with E-state index in [1.807, 2.05) is 0 Å². The Morgan fingerprint density at radius 1 is 1.09 bits per heavy atom. The van der Waals surface area contributed by atoms with Gasteiger partial charge < -0.3 is 5.32 Å². The molecule has 0 atom stereocenters. The van der Waals surface area contributed by atoms with Gasteiger partial charge in [0, 0.05) is 18.2 Å². The third-order valence-electron chi connectivity index (χ3n) is 4.05. The summed E-state index contributed by atoms with van der Waals surface area (Å²) in [5.41, 5.74) is 0.969. The first-order chi connectivity index (χ1) is 10.6. The van der Waals surface area contributed by atoms with Crippen molar-refractivity contribution in [2.75, 3.05) is 0 Å². The lowest BCUT2D eigenvalue weighted by atomic mass is 9.95. The molecule has 1 aliphatic carbocycles. The Morgan fingerprint density at radius 3 is 2.14 bits per heavy atom. The van der Waals surface area contributed by atoms with Crippen molar-refractivity contribution in [1.82, 2.24) is 9.62 Å². The van der Waals surface area contributed by atoms with Gasteiger partial charge in [0.2, 0.25) is 5.91 Å². The van der Waals surface area contributed by atoms with Gasteiger partial charge in [-0.1, -0.05) is 12.1 Å². The highest BCUT2D eigenvalue weighted by Crippen LogP contribution is 2.36. The van der Waals surface area contributed by atoms with Crippen molar-refractivity contribution >= 4 is 29.7 Å². The molecule has 22 heavy (non-hydrogen) atoms. The molecule has 3 amide bonds. The van der Waals surface area contributed by atoms with Crippen LogP contribution in [0.2, 0.25) is 0 Å². The van der Waals surface area contributed by atoms with Crippen LogP contribution in [-0.4, -0.2) is 33.3 Å². The van der Waals surface area contributed by atoms with Gasteiger partial charge in [0.05, 0.1) is 11.1 Å². The van der Waals surface area contributed by atoms with E-state index < -0.39 is 0 Å². The lowest BCUT2D eigenvalue weighted by Crippen LogP contribution is -2.37. The van der Waals surface area contributed by atoms with Crippen LogP contribution in [0.1, 0.15) is 46.4 Å². The number of fused-ring (bicyclic) bond motifs is 1. The van der Waals surface area contributed by atoms with E-state index in [2.05, 4.69) is 12.2 Å². The van der Waals surface area contributed by atoms with E-state index in [4.69, 9.17) is 0 Å². The molecule has 0 spiro atoms. The Balaban J connectivity index is 1.61. The van der Waals surface area contributed by atoms with Gasteiger partial charge in [-0.05, 0) is 49.8 Å². The van der Waals surface area contributed by atoms with Crippen molar-refractivity contribution in [3.05, 3.63) is 42.3 Å². The van der Waals surface area contributed by atoms with Gasteiger partial charge in [-0.15, -0.1) is 0 Å². The standard InChI is InChI=1S/C16H17N2O3S/c1-10(19)17-11-6-8-12(9-7-11)22-18-15(20)13-4-2-3-5-14(13)16(18)21/h2-5,11-12H,1,6-9H2,(H,17,19). The predicted molar refractivity (Wildman–Crippen MR) is 84.1 cm³/mol. The molecule has 0 unspecified atom stereocenters. The minimum atomic E-state index is -0.253. The molecule has 1 fully saturated rings. The highest BCUT2D eigenvalue weighted by Gasteiger charge is 2.38. The van der Waals surface area contributed by atoms with Crippen molar-refractivity contribution in [3.63, 3.8) is 0 Å². The molecule has 1 aliphatic heterocycles. The lowest BCUT2D eigenvalue weighted by molar-refractivity contribution is -0.117. The molecule has 1 aromatic rings. The van der Waals surface area contributed by atoms with Crippen LogP contribution in [0.3, 0.4) is 0 Å². The van der Waals surface area contributed by atoms with Gasteiger partial charge in [0.1, 0.15) is 0 Å². The van der Waals surface area contributed by atoms with E-state index in [-0.39, 0.29) is 29.0 Å². The highest BCUT2D eigenvalue weighted by molar-refractivity contribution is 7.98. The number of carbonyl (C=O) groups excluding carboxylic acids is 3. The molecule has 5 nitrogen and oxygen atoms in total. The smallest absolute Gasteiger partial charge is 0.271 e. The largest absolute Gasteiger partial charge is 0.353 e. The maximum Gasteiger partial charge on any atom is 0.271 e. The highest BCUT2D eigenvalue weighted by atomic mass is 32.2. The van der Waals surface area contributed by atoms with Gasteiger partial charge in [0.25, 0.3) is 11.8 Å². The fraction of sp³-hybridized carbons (Fsp3) is 0.375. The average molecular weight is 317 g/mol. The third-order valence-corrected chi connectivity index (χ3v) is 5.36. The Hall–Kier alpha value is -1.82. The summed E-state index contributed by atoms with van der Waals surface area (Å²) in [6.45, 7) is 3.32. The number of benzene rings is 1. The molecular weight excluding hydrogens is 300 g/mol. The summed E-state index contributed by atoms with van der Waals surface area (Å²) in [5, 5.41) is 3.04. The van der Waals surface area contributed by atoms with Crippen LogP contribution in [0.25, 0.3) is 0 Å².